The summed E-state index contributed by atoms with van der Waals surface area (Å²) >= 11 is 0. The minimum absolute atomic E-state index is 0. The van der Waals surface area contributed by atoms with Gasteiger partial charge in [0.1, 0.15) is 0 Å². The van der Waals surface area contributed by atoms with Crippen molar-refractivity contribution >= 4 is 6.29 Å². The molecule has 0 fully saturated rings. The summed E-state index contributed by atoms with van der Waals surface area (Å²) in [5, 5.41) is 0. The molecule has 1 unspecified atom stereocenters. The van der Waals surface area contributed by atoms with Crippen molar-refractivity contribution in [3.05, 3.63) is 45.9 Å². The van der Waals surface area contributed by atoms with Crippen molar-refractivity contribution in [2.24, 2.45) is 5.92 Å². The fourth-order valence-electron chi connectivity index (χ4n) is 2.23. The van der Waals surface area contributed by atoms with Gasteiger partial charge in [-0.15, -0.1) is 6.58 Å². The first-order valence-electron chi connectivity index (χ1n) is 9.04. The number of hydrogen-bond donors (Lipinski definition) is 0. The van der Waals surface area contributed by atoms with Crippen molar-refractivity contribution in [3.63, 3.8) is 0 Å². The van der Waals surface area contributed by atoms with Gasteiger partial charge in [0.05, 0.1) is 12.7 Å². The second kappa shape index (κ2) is 18.5. The van der Waals surface area contributed by atoms with Gasteiger partial charge in [-0.05, 0) is 51.9 Å². The maximum atomic E-state index is 13.1. The molecule has 4 nitrogen and oxygen atoms in total. The van der Waals surface area contributed by atoms with Crippen molar-refractivity contribution in [1.82, 2.24) is 9.47 Å². The van der Waals surface area contributed by atoms with E-state index in [1.807, 2.05) is 46.7 Å². The Labute approximate surface area is 216 Å². The predicted molar refractivity (Wildman–Crippen MR) is 110 cm³/mol. The Bertz CT molecular complexity index is 643. The Hall–Kier alpha value is -0.254. The molecule has 0 aliphatic rings. The Morgan fingerprint density at radius 1 is 1.24 bits per heavy atom. The monoisotopic (exact) mass is 442 g/mol. The second-order valence-corrected chi connectivity index (χ2v) is 7.34. The van der Waals surface area contributed by atoms with Crippen LogP contribution >= 0.6 is 0 Å². The van der Waals surface area contributed by atoms with E-state index in [0.717, 1.165) is 4.57 Å². The van der Waals surface area contributed by atoms with E-state index in [9.17, 15) is 22.8 Å². The Balaban J connectivity index is -0.000000858. The van der Waals surface area contributed by atoms with E-state index in [-0.39, 0.29) is 57.3 Å². The molecule has 0 saturated carbocycles. The maximum absolute atomic E-state index is 13.1. The molecular weight excluding hydrogens is 408 g/mol. The number of aromatic nitrogens is 1. The zero-order valence-corrected chi connectivity index (χ0v) is 22.2. The first-order valence-corrected chi connectivity index (χ1v) is 9.04. The predicted octanol–water partition coefficient (Wildman–Crippen LogP) is 1.76. The molecule has 162 valence electrons. The third-order valence-corrected chi connectivity index (χ3v) is 3.38. The molecule has 1 aromatic heterocycles. The summed E-state index contributed by atoms with van der Waals surface area (Å²) in [5.41, 5.74) is 0.422. The SMILES string of the molecule is C=C(C)C.CC(C)CC([C-]=O)n1cc(CCN(C)C)cc(C(F)F)c1=O.CF.[K+]. The first kappa shape index (κ1) is 33.4. The molecule has 0 amide bonds. The van der Waals surface area contributed by atoms with E-state index in [2.05, 4.69) is 6.58 Å². The molecule has 0 aliphatic carbocycles. The van der Waals surface area contributed by atoms with Gasteiger partial charge in [-0.25, -0.2) is 15.1 Å². The summed E-state index contributed by atoms with van der Waals surface area (Å²) in [7, 11) is 4.26. The number of hydrogen-bond acceptors (Lipinski definition) is 3. The van der Waals surface area contributed by atoms with Crippen LogP contribution < -0.4 is 56.9 Å². The second-order valence-electron chi connectivity index (χ2n) is 7.34. The van der Waals surface area contributed by atoms with E-state index in [1.54, 1.807) is 6.29 Å². The number of pyridine rings is 1. The number of alkyl halides is 3. The molecule has 8 heteroatoms. The quantitative estimate of drug-likeness (QED) is 0.350. The average Bonchev–Trinajstić information content (AvgIpc) is 2.59. The topological polar surface area (TPSA) is 42.3 Å². The standard InChI is InChI=1S/C16H23F2N2O2.C4H8.CH3F.K/c1-11(2)7-13(10-21)20-9-12(5-6-19(3)4)8-14(15(17)18)16(20)22;1-4(2)3;1-2;/h8-9,11,13,15H,5-7H2,1-4H3;1H2,2-3H3;1H3;/q-1;;;+1. The van der Waals surface area contributed by atoms with Crippen molar-refractivity contribution in [1.29, 1.82) is 0 Å². The zero-order valence-electron chi connectivity index (χ0n) is 19.1. The fraction of sp³-hybridized carbons (Fsp3) is 0.619. The van der Waals surface area contributed by atoms with Crippen LogP contribution in [0.3, 0.4) is 0 Å². The van der Waals surface area contributed by atoms with Gasteiger partial charge in [-0.1, -0.05) is 31.9 Å². The van der Waals surface area contributed by atoms with Crippen molar-refractivity contribution in [2.45, 2.75) is 53.0 Å². The van der Waals surface area contributed by atoms with Gasteiger partial charge in [-0.2, -0.15) is 0 Å². The summed E-state index contributed by atoms with van der Waals surface area (Å²) in [6, 6.07) is 0.411. The molecule has 0 spiro atoms. The zero-order chi connectivity index (χ0) is 22.4. The van der Waals surface area contributed by atoms with E-state index < -0.39 is 23.6 Å². The van der Waals surface area contributed by atoms with Crippen LogP contribution in [0.2, 0.25) is 0 Å². The number of rotatable bonds is 8. The van der Waals surface area contributed by atoms with Crippen molar-refractivity contribution < 1.29 is 69.4 Å². The molecule has 1 aromatic rings. The molecule has 1 heterocycles. The molecule has 0 aliphatic heterocycles. The van der Waals surface area contributed by atoms with Crippen LogP contribution in [0.1, 0.15) is 57.7 Å². The first-order chi connectivity index (χ1) is 13.0. The van der Waals surface area contributed by atoms with Crippen LogP contribution in [-0.4, -0.2) is 43.6 Å². The van der Waals surface area contributed by atoms with Gasteiger partial charge in [0.2, 0.25) is 0 Å². The third-order valence-electron chi connectivity index (χ3n) is 3.38. The summed E-state index contributed by atoms with van der Waals surface area (Å²) in [6.07, 6.45) is 1.38. The summed E-state index contributed by atoms with van der Waals surface area (Å²) in [5.74, 6) is 0.152. The van der Waals surface area contributed by atoms with Crippen LogP contribution in [0.25, 0.3) is 0 Å². The number of allylic oxidation sites excluding steroid dienone is 1. The molecule has 0 aromatic carbocycles. The van der Waals surface area contributed by atoms with Crippen LogP contribution in [0.5, 0.6) is 0 Å². The Morgan fingerprint density at radius 3 is 2.07 bits per heavy atom. The van der Waals surface area contributed by atoms with Gasteiger partial charge < -0.3 is 14.3 Å². The normalized spacial score (nSPS) is 11.1. The summed E-state index contributed by atoms with van der Waals surface area (Å²) in [4.78, 5) is 25.3. The van der Waals surface area contributed by atoms with Crippen LogP contribution in [-0.2, 0) is 11.2 Å². The van der Waals surface area contributed by atoms with E-state index in [1.165, 1.54) is 17.8 Å². The van der Waals surface area contributed by atoms with Crippen molar-refractivity contribution in [2.75, 3.05) is 27.8 Å². The Morgan fingerprint density at radius 2 is 1.72 bits per heavy atom. The summed E-state index contributed by atoms with van der Waals surface area (Å²) in [6.45, 7) is 12.0. The van der Waals surface area contributed by atoms with E-state index in [4.69, 9.17) is 0 Å². The average molecular weight is 443 g/mol. The van der Waals surface area contributed by atoms with Crippen molar-refractivity contribution in [3.8, 4) is 0 Å². The van der Waals surface area contributed by atoms with E-state index >= 15 is 0 Å². The number of nitrogens with zero attached hydrogens (tertiary/aromatic N) is 2. The van der Waals surface area contributed by atoms with E-state index in [0.29, 0.717) is 32.1 Å². The molecule has 0 N–H and O–H groups in total. The van der Waals surface area contributed by atoms with Crippen LogP contribution in [0.4, 0.5) is 13.2 Å². The fourth-order valence-corrected chi connectivity index (χ4v) is 2.23. The molecule has 29 heavy (non-hydrogen) atoms. The summed E-state index contributed by atoms with van der Waals surface area (Å²) < 4.78 is 36.8. The minimum atomic E-state index is -2.86. The third kappa shape index (κ3) is 15.2. The molecule has 0 bridgehead atoms. The van der Waals surface area contributed by atoms with Gasteiger partial charge in [0, 0.05) is 12.7 Å². The number of carbonyl (C=O) groups excluding carboxylic acids is 1. The molecule has 1 atom stereocenters. The number of likely N-dealkylation sites (N-methyl/N-ethyl adjacent to an activating group) is 1. The maximum Gasteiger partial charge on any atom is 1.00 e. The molecule has 0 radical (unpaired) electrons. The smallest absolute Gasteiger partial charge is 0.540 e. The van der Waals surface area contributed by atoms with Gasteiger partial charge >= 0.3 is 51.4 Å². The van der Waals surface area contributed by atoms with Crippen LogP contribution in [0.15, 0.2) is 29.2 Å². The van der Waals surface area contributed by atoms with Gasteiger partial charge in [0.25, 0.3) is 12.0 Å². The molecular formula is C21H34F3KN2O2. The minimum Gasteiger partial charge on any atom is -0.540 e. The largest absolute Gasteiger partial charge is 1.00 e. The Kier molecular flexibility index (Phi) is 21.3. The van der Waals surface area contributed by atoms with Gasteiger partial charge in [-0.3, -0.25) is 9.18 Å². The molecule has 1 rings (SSSR count). The van der Waals surface area contributed by atoms with Gasteiger partial charge in [0.15, 0.2) is 0 Å². The van der Waals surface area contributed by atoms with Crippen LogP contribution in [0, 0.1) is 5.92 Å². The molecule has 0 saturated heterocycles. The number of halogens is 3.